The van der Waals surface area contributed by atoms with Crippen molar-refractivity contribution in [1.29, 1.82) is 0 Å². The van der Waals surface area contributed by atoms with Crippen molar-refractivity contribution in [3.8, 4) is 11.5 Å². The molecule has 1 fully saturated rings. The molecule has 0 saturated carbocycles. The summed E-state index contributed by atoms with van der Waals surface area (Å²) in [6.07, 6.45) is 2.94. The van der Waals surface area contributed by atoms with Crippen LogP contribution < -0.4 is 14.8 Å². The van der Waals surface area contributed by atoms with E-state index < -0.39 is 17.1 Å². The topological polar surface area (TPSA) is 98.1 Å². The number of thioether (sulfide) groups is 1. The third-order valence-corrected chi connectivity index (χ3v) is 4.56. The Kier molecular flexibility index (Phi) is 4.13. The molecule has 0 aliphatic carbocycles. The van der Waals surface area contributed by atoms with E-state index in [-0.39, 0.29) is 18.2 Å². The highest BCUT2D eigenvalue weighted by atomic mass is 32.2. The number of carbonyl (C=O) groups is 3. The van der Waals surface area contributed by atoms with Gasteiger partial charge in [0.1, 0.15) is 12.3 Å². The van der Waals surface area contributed by atoms with Crippen LogP contribution in [0.25, 0.3) is 6.08 Å². The van der Waals surface area contributed by atoms with Gasteiger partial charge in [-0.25, -0.2) is 0 Å². The molecule has 1 saturated heterocycles. The summed E-state index contributed by atoms with van der Waals surface area (Å²) in [5, 5.41) is 2.13. The van der Waals surface area contributed by atoms with Gasteiger partial charge in [-0.3, -0.25) is 19.3 Å². The molecule has 2 aliphatic heterocycles. The second kappa shape index (κ2) is 6.60. The largest absolute Gasteiger partial charge is 0.465 e. The average Bonchev–Trinajstić information content (AvgIpc) is 3.33. The van der Waals surface area contributed by atoms with Crippen LogP contribution >= 0.6 is 11.8 Å². The lowest BCUT2D eigenvalue weighted by molar-refractivity contribution is -0.127. The number of ether oxygens (including phenoxy) is 2. The van der Waals surface area contributed by atoms with E-state index in [1.165, 1.54) is 12.3 Å². The van der Waals surface area contributed by atoms with Gasteiger partial charge < -0.3 is 19.2 Å². The number of furan rings is 1. The Hall–Kier alpha value is -3.20. The Balaban J connectivity index is 1.42. The summed E-state index contributed by atoms with van der Waals surface area (Å²) in [5.74, 6) is 0.551. The molecule has 1 N–H and O–H groups in total. The molecule has 2 aliphatic rings. The molecular formula is C17H12N2O6S. The van der Waals surface area contributed by atoms with Crippen LogP contribution in [0.4, 0.5) is 10.5 Å². The molecule has 8 nitrogen and oxygen atoms in total. The van der Waals surface area contributed by atoms with Crippen LogP contribution in [0.5, 0.6) is 11.5 Å². The normalized spacial score (nSPS) is 17.2. The predicted molar refractivity (Wildman–Crippen MR) is 92.6 cm³/mol. The number of anilines is 1. The highest BCUT2D eigenvalue weighted by Gasteiger charge is 2.36. The van der Waals surface area contributed by atoms with Crippen LogP contribution in [-0.4, -0.2) is 35.3 Å². The number of amides is 3. The fourth-order valence-corrected chi connectivity index (χ4v) is 3.28. The van der Waals surface area contributed by atoms with Crippen LogP contribution in [-0.2, 0) is 9.59 Å². The van der Waals surface area contributed by atoms with Crippen molar-refractivity contribution in [1.82, 2.24) is 4.90 Å². The fourth-order valence-electron chi connectivity index (χ4n) is 2.46. The molecule has 4 rings (SSSR count). The second-order valence-corrected chi connectivity index (χ2v) is 6.39. The third kappa shape index (κ3) is 3.16. The number of fused-ring (bicyclic) bond motifs is 1. The number of nitrogens with one attached hydrogen (secondary N) is 1. The molecule has 132 valence electrons. The van der Waals surface area contributed by atoms with Crippen LogP contribution in [0.2, 0.25) is 0 Å². The van der Waals surface area contributed by atoms with Gasteiger partial charge >= 0.3 is 0 Å². The highest BCUT2D eigenvalue weighted by molar-refractivity contribution is 8.18. The van der Waals surface area contributed by atoms with Gasteiger partial charge in [-0.15, -0.1) is 0 Å². The Morgan fingerprint density at radius 2 is 2.08 bits per heavy atom. The maximum Gasteiger partial charge on any atom is 0.294 e. The van der Waals surface area contributed by atoms with Gasteiger partial charge in [-0.05, 0) is 36.0 Å². The number of hydrogen-bond acceptors (Lipinski definition) is 7. The first-order chi connectivity index (χ1) is 12.6. The van der Waals surface area contributed by atoms with Gasteiger partial charge in [0.25, 0.3) is 11.1 Å². The molecule has 0 spiro atoms. The van der Waals surface area contributed by atoms with Crippen LogP contribution in [0.1, 0.15) is 5.76 Å². The summed E-state index contributed by atoms with van der Waals surface area (Å²) < 4.78 is 15.6. The van der Waals surface area contributed by atoms with Crippen molar-refractivity contribution >= 4 is 40.6 Å². The first-order valence-corrected chi connectivity index (χ1v) is 8.40. The van der Waals surface area contributed by atoms with Gasteiger partial charge in [0.05, 0.1) is 11.2 Å². The monoisotopic (exact) mass is 372 g/mol. The molecule has 0 bridgehead atoms. The minimum atomic E-state index is -0.530. The van der Waals surface area contributed by atoms with Crippen molar-refractivity contribution < 1.29 is 28.3 Å². The third-order valence-electron chi connectivity index (χ3n) is 3.65. The molecule has 3 heterocycles. The predicted octanol–water partition coefficient (Wildman–Crippen LogP) is 2.68. The molecule has 0 atom stereocenters. The Labute approximate surface area is 151 Å². The Morgan fingerprint density at radius 1 is 1.23 bits per heavy atom. The summed E-state index contributed by atoms with van der Waals surface area (Å²) in [5.41, 5.74) is 0.484. The zero-order chi connectivity index (χ0) is 18.1. The van der Waals surface area contributed by atoms with Gasteiger partial charge in [0.15, 0.2) is 11.5 Å². The molecule has 2 aromatic rings. The summed E-state index contributed by atoms with van der Waals surface area (Å²) in [6, 6.07) is 8.28. The number of nitrogens with zero attached hydrogens (tertiary/aromatic N) is 1. The van der Waals surface area contributed by atoms with E-state index in [1.54, 1.807) is 30.3 Å². The average molecular weight is 372 g/mol. The first-order valence-electron chi connectivity index (χ1n) is 7.58. The quantitative estimate of drug-likeness (QED) is 0.824. The van der Waals surface area contributed by atoms with Crippen molar-refractivity contribution in [3.63, 3.8) is 0 Å². The summed E-state index contributed by atoms with van der Waals surface area (Å²) >= 11 is 0.767. The standard InChI is InChI=1S/C17H12N2O6S/c20-15(18-10-3-4-12-13(6-10)25-9-24-12)8-19-16(21)14(26-17(19)22)7-11-2-1-5-23-11/h1-7H,8-9H2,(H,18,20)/b14-7+. The van der Waals surface area contributed by atoms with Gasteiger partial charge in [0, 0.05) is 17.8 Å². The maximum absolute atomic E-state index is 12.3. The smallest absolute Gasteiger partial charge is 0.294 e. The summed E-state index contributed by atoms with van der Waals surface area (Å²) in [4.78, 5) is 37.7. The first kappa shape index (κ1) is 16.3. The molecule has 0 unspecified atom stereocenters. The lowest BCUT2D eigenvalue weighted by Crippen LogP contribution is -2.36. The van der Waals surface area contributed by atoms with Crippen molar-refractivity contribution in [2.24, 2.45) is 0 Å². The van der Waals surface area contributed by atoms with Gasteiger partial charge in [-0.2, -0.15) is 0 Å². The van der Waals surface area contributed by atoms with Gasteiger partial charge in [0.2, 0.25) is 12.7 Å². The molecule has 1 aromatic carbocycles. The molecule has 26 heavy (non-hydrogen) atoms. The molecule has 9 heteroatoms. The van der Waals surface area contributed by atoms with E-state index in [2.05, 4.69) is 5.32 Å². The van der Waals surface area contributed by atoms with Crippen LogP contribution in [0.15, 0.2) is 45.9 Å². The molecule has 3 amide bonds. The molecule has 1 aromatic heterocycles. The molecule has 0 radical (unpaired) electrons. The number of rotatable bonds is 4. The minimum Gasteiger partial charge on any atom is -0.465 e. The zero-order valence-corrected chi connectivity index (χ0v) is 14.1. The number of imide groups is 1. The van der Waals surface area contributed by atoms with Gasteiger partial charge in [-0.1, -0.05) is 0 Å². The zero-order valence-electron chi connectivity index (χ0n) is 13.3. The summed E-state index contributed by atoms with van der Waals surface area (Å²) in [6.45, 7) is -0.250. The van der Waals surface area contributed by atoms with E-state index >= 15 is 0 Å². The lowest BCUT2D eigenvalue weighted by atomic mass is 10.2. The van der Waals surface area contributed by atoms with E-state index in [4.69, 9.17) is 13.9 Å². The van der Waals surface area contributed by atoms with Crippen molar-refractivity contribution in [2.75, 3.05) is 18.7 Å². The summed E-state index contributed by atoms with van der Waals surface area (Å²) in [7, 11) is 0. The molecular weight excluding hydrogens is 360 g/mol. The van der Waals surface area contributed by atoms with E-state index in [0.29, 0.717) is 22.9 Å². The van der Waals surface area contributed by atoms with E-state index in [1.807, 2.05) is 0 Å². The van der Waals surface area contributed by atoms with Crippen molar-refractivity contribution in [2.45, 2.75) is 0 Å². The Bertz CT molecular complexity index is 921. The number of hydrogen-bond donors (Lipinski definition) is 1. The second-order valence-electron chi connectivity index (χ2n) is 5.40. The van der Waals surface area contributed by atoms with Crippen molar-refractivity contribution in [3.05, 3.63) is 47.3 Å². The number of carbonyl (C=O) groups excluding carboxylic acids is 3. The SMILES string of the molecule is O=C(CN1C(=O)S/C(=C/c2ccco2)C1=O)Nc1ccc2c(c1)OCO2. The fraction of sp³-hybridized carbons (Fsp3) is 0.118. The maximum atomic E-state index is 12.3. The van der Waals surface area contributed by atoms with Crippen LogP contribution in [0.3, 0.4) is 0 Å². The van der Waals surface area contributed by atoms with E-state index in [0.717, 1.165) is 16.7 Å². The van der Waals surface area contributed by atoms with Crippen LogP contribution in [0, 0.1) is 0 Å². The lowest BCUT2D eigenvalue weighted by Gasteiger charge is -2.12. The minimum absolute atomic E-state index is 0.130. The van der Waals surface area contributed by atoms with E-state index in [9.17, 15) is 14.4 Å². The Morgan fingerprint density at radius 3 is 2.88 bits per heavy atom. The highest BCUT2D eigenvalue weighted by Crippen LogP contribution is 2.35. The number of benzene rings is 1.